The van der Waals surface area contributed by atoms with E-state index in [-0.39, 0.29) is 0 Å². The zero-order valence-corrected chi connectivity index (χ0v) is 7.94. The van der Waals surface area contributed by atoms with Crippen LogP contribution in [0.2, 0.25) is 0 Å². The molecule has 0 aromatic heterocycles. The summed E-state index contributed by atoms with van der Waals surface area (Å²) in [5, 5.41) is 9.05. The maximum Gasteiger partial charge on any atom is 0.0496 e. The minimum atomic E-state index is 0.312. The lowest BCUT2D eigenvalue weighted by Crippen LogP contribution is -2.11. The molecule has 1 aliphatic rings. The van der Waals surface area contributed by atoms with Crippen LogP contribution in [0, 0.1) is 11.3 Å². The lowest BCUT2D eigenvalue weighted by atomic mass is 9.85. The van der Waals surface area contributed by atoms with Gasteiger partial charge in [-0.1, -0.05) is 25.0 Å². The molecular formula is C10H18O. The van der Waals surface area contributed by atoms with Gasteiger partial charge in [-0.15, -0.1) is 0 Å². The van der Waals surface area contributed by atoms with E-state index in [4.69, 9.17) is 5.11 Å². The summed E-state index contributed by atoms with van der Waals surface area (Å²) < 4.78 is 0. The first-order valence-electron chi connectivity index (χ1n) is 4.27. The highest BCUT2D eigenvalue weighted by atomic mass is 16.3. The normalized spacial score (nSPS) is 29.7. The van der Waals surface area contributed by atoms with Gasteiger partial charge in [-0.2, -0.15) is 0 Å². The van der Waals surface area contributed by atoms with Crippen molar-refractivity contribution in [3.05, 3.63) is 11.1 Å². The largest absolute Gasteiger partial charge is 0.396 e. The van der Waals surface area contributed by atoms with Crippen LogP contribution in [0.25, 0.3) is 0 Å². The van der Waals surface area contributed by atoms with E-state index in [0.29, 0.717) is 17.9 Å². The van der Waals surface area contributed by atoms with Gasteiger partial charge in [0.05, 0.1) is 0 Å². The van der Waals surface area contributed by atoms with Crippen LogP contribution in [-0.2, 0) is 0 Å². The molecule has 0 aromatic rings. The van der Waals surface area contributed by atoms with Crippen molar-refractivity contribution in [1.29, 1.82) is 0 Å². The zero-order valence-electron chi connectivity index (χ0n) is 7.94. The second-order valence-corrected chi connectivity index (χ2v) is 4.28. The molecule has 1 heteroatoms. The SMILES string of the molecule is CC1=C(C)C(C)(C)CC1CO. The van der Waals surface area contributed by atoms with E-state index in [2.05, 4.69) is 27.7 Å². The summed E-state index contributed by atoms with van der Waals surface area (Å²) in [5.41, 5.74) is 3.19. The standard InChI is InChI=1S/C10H18O/c1-7-8(2)10(3,4)5-9(7)6-11/h9,11H,5-6H2,1-4H3. The zero-order chi connectivity index (χ0) is 8.65. The lowest BCUT2D eigenvalue weighted by Gasteiger charge is -2.20. The Balaban J connectivity index is 2.89. The van der Waals surface area contributed by atoms with E-state index in [1.165, 1.54) is 11.1 Å². The molecule has 0 spiro atoms. The Morgan fingerprint density at radius 3 is 2.18 bits per heavy atom. The van der Waals surface area contributed by atoms with E-state index in [9.17, 15) is 0 Å². The van der Waals surface area contributed by atoms with Gasteiger partial charge in [0.1, 0.15) is 0 Å². The molecule has 1 atom stereocenters. The van der Waals surface area contributed by atoms with Crippen LogP contribution in [0.5, 0.6) is 0 Å². The Hall–Kier alpha value is -0.300. The molecule has 0 bridgehead atoms. The summed E-state index contributed by atoms with van der Waals surface area (Å²) in [4.78, 5) is 0. The van der Waals surface area contributed by atoms with Gasteiger partial charge < -0.3 is 5.11 Å². The van der Waals surface area contributed by atoms with E-state index < -0.39 is 0 Å². The number of aliphatic hydroxyl groups is 1. The number of hydrogen-bond donors (Lipinski definition) is 1. The van der Waals surface area contributed by atoms with E-state index in [1.807, 2.05) is 0 Å². The average Bonchev–Trinajstić information content (AvgIpc) is 2.13. The fourth-order valence-electron chi connectivity index (χ4n) is 1.96. The van der Waals surface area contributed by atoms with Gasteiger partial charge in [-0.25, -0.2) is 0 Å². The molecule has 0 saturated heterocycles. The summed E-state index contributed by atoms with van der Waals surface area (Å²) in [6.07, 6.45) is 1.11. The third-order valence-corrected chi connectivity index (χ3v) is 3.20. The highest BCUT2D eigenvalue weighted by molar-refractivity contribution is 5.26. The maximum atomic E-state index is 9.05. The summed E-state index contributed by atoms with van der Waals surface area (Å²) in [6, 6.07) is 0. The van der Waals surface area contributed by atoms with Crippen molar-refractivity contribution < 1.29 is 5.11 Å². The van der Waals surface area contributed by atoms with Crippen molar-refractivity contribution in [3.8, 4) is 0 Å². The highest BCUT2D eigenvalue weighted by Crippen LogP contribution is 2.44. The Labute approximate surface area is 69.1 Å². The van der Waals surface area contributed by atoms with Crippen LogP contribution in [0.4, 0.5) is 0 Å². The van der Waals surface area contributed by atoms with Gasteiger partial charge in [0.15, 0.2) is 0 Å². The molecule has 0 aromatic carbocycles. The van der Waals surface area contributed by atoms with Crippen molar-refractivity contribution in [1.82, 2.24) is 0 Å². The first-order chi connectivity index (χ1) is 4.99. The fraction of sp³-hybridized carbons (Fsp3) is 0.800. The molecule has 0 fully saturated rings. The second kappa shape index (κ2) is 2.63. The molecule has 1 rings (SSSR count). The molecule has 0 saturated carbocycles. The van der Waals surface area contributed by atoms with Gasteiger partial charge in [-0.05, 0) is 25.7 Å². The molecule has 0 aliphatic heterocycles. The number of rotatable bonds is 1. The Morgan fingerprint density at radius 1 is 1.45 bits per heavy atom. The average molecular weight is 154 g/mol. The smallest absolute Gasteiger partial charge is 0.0496 e. The van der Waals surface area contributed by atoms with Crippen molar-refractivity contribution in [3.63, 3.8) is 0 Å². The minimum absolute atomic E-state index is 0.312. The number of allylic oxidation sites excluding steroid dienone is 1. The summed E-state index contributed by atoms with van der Waals surface area (Å²) >= 11 is 0. The van der Waals surface area contributed by atoms with E-state index >= 15 is 0 Å². The molecular weight excluding hydrogens is 136 g/mol. The third kappa shape index (κ3) is 1.34. The van der Waals surface area contributed by atoms with Gasteiger partial charge in [0.25, 0.3) is 0 Å². The minimum Gasteiger partial charge on any atom is -0.396 e. The quantitative estimate of drug-likeness (QED) is 0.575. The van der Waals surface area contributed by atoms with Gasteiger partial charge in [0, 0.05) is 12.5 Å². The van der Waals surface area contributed by atoms with Crippen LogP contribution in [-0.4, -0.2) is 11.7 Å². The van der Waals surface area contributed by atoms with Gasteiger partial charge in [0.2, 0.25) is 0 Å². The van der Waals surface area contributed by atoms with Crippen molar-refractivity contribution in [2.45, 2.75) is 34.1 Å². The van der Waals surface area contributed by atoms with Crippen molar-refractivity contribution in [2.75, 3.05) is 6.61 Å². The van der Waals surface area contributed by atoms with Crippen LogP contribution < -0.4 is 0 Å². The third-order valence-electron chi connectivity index (χ3n) is 3.20. The predicted molar refractivity (Wildman–Crippen MR) is 47.3 cm³/mol. The van der Waals surface area contributed by atoms with Crippen LogP contribution in [0.1, 0.15) is 34.1 Å². The Kier molecular flexibility index (Phi) is 2.10. The monoisotopic (exact) mass is 154 g/mol. The number of aliphatic hydroxyl groups excluding tert-OH is 1. The second-order valence-electron chi connectivity index (χ2n) is 4.28. The van der Waals surface area contributed by atoms with Crippen LogP contribution in [0.15, 0.2) is 11.1 Å². The van der Waals surface area contributed by atoms with Gasteiger partial charge >= 0.3 is 0 Å². The predicted octanol–water partition coefficient (Wildman–Crippen LogP) is 2.36. The lowest BCUT2D eigenvalue weighted by molar-refractivity contribution is 0.225. The number of hydrogen-bond acceptors (Lipinski definition) is 1. The summed E-state index contributed by atoms with van der Waals surface area (Å²) in [6.45, 7) is 9.14. The van der Waals surface area contributed by atoms with Crippen molar-refractivity contribution in [2.24, 2.45) is 11.3 Å². The molecule has 1 unspecified atom stereocenters. The molecule has 0 amide bonds. The highest BCUT2D eigenvalue weighted by Gasteiger charge is 2.33. The molecule has 1 N–H and O–H groups in total. The first kappa shape index (κ1) is 8.79. The molecule has 0 radical (unpaired) electrons. The molecule has 1 aliphatic carbocycles. The van der Waals surface area contributed by atoms with Crippen LogP contribution >= 0.6 is 0 Å². The van der Waals surface area contributed by atoms with Gasteiger partial charge in [-0.3, -0.25) is 0 Å². The Morgan fingerprint density at radius 2 is 2.00 bits per heavy atom. The molecule has 1 nitrogen and oxygen atoms in total. The summed E-state index contributed by atoms with van der Waals surface area (Å²) in [5.74, 6) is 0.421. The molecule has 64 valence electrons. The first-order valence-corrected chi connectivity index (χ1v) is 4.27. The Bertz CT molecular complexity index is 189. The summed E-state index contributed by atoms with van der Waals surface area (Å²) in [7, 11) is 0. The van der Waals surface area contributed by atoms with Crippen LogP contribution in [0.3, 0.4) is 0 Å². The molecule has 0 heterocycles. The van der Waals surface area contributed by atoms with E-state index in [1.54, 1.807) is 0 Å². The molecule has 11 heavy (non-hydrogen) atoms. The van der Waals surface area contributed by atoms with E-state index in [0.717, 1.165) is 6.42 Å². The topological polar surface area (TPSA) is 20.2 Å². The maximum absolute atomic E-state index is 9.05. The fourth-order valence-corrected chi connectivity index (χ4v) is 1.96. The van der Waals surface area contributed by atoms with Crippen molar-refractivity contribution >= 4 is 0 Å².